The first-order valence-corrected chi connectivity index (χ1v) is 3.42. The number of aromatic amines is 1. The smallest absolute Gasteiger partial charge is 0.307 e. The van der Waals surface area contributed by atoms with Gasteiger partial charge in [-0.3, -0.25) is 4.98 Å². The Kier molecular flexibility index (Phi) is 1.33. The van der Waals surface area contributed by atoms with Crippen molar-refractivity contribution in [3.8, 4) is 0 Å². The molecule has 12 heavy (non-hydrogen) atoms. The third-order valence-electron chi connectivity index (χ3n) is 1.60. The normalized spacial score (nSPS) is 10.4. The van der Waals surface area contributed by atoms with Gasteiger partial charge in [-0.05, 0) is 0 Å². The molecule has 0 spiro atoms. The van der Waals surface area contributed by atoms with Gasteiger partial charge in [0, 0.05) is 7.05 Å². The van der Waals surface area contributed by atoms with Gasteiger partial charge in [-0.15, -0.1) is 0 Å². The molecule has 0 amide bonds. The fraction of sp³-hybridized carbons (Fsp3) is 0.167. The molecule has 0 radical (unpaired) electrons. The van der Waals surface area contributed by atoms with Crippen LogP contribution in [-0.4, -0.2) is 22.0 Å². The summed E-state index contributed by atoms with van der Waals surface area (Å²) in [5.41, 5.74) is 0.962. The van der Waals surface area contributed by atoms with Crippen LogP contribution in [0, 0.1) is 5.21 Å². The molecule has 0 aliphatic carbocycles. The number of imidazole rings is 1. The lowest BCUT2D eigenvalue weighted by Crippen LogP contribution is -2.23. The predicted molar refractivity (Wildman–Crippen MR) is 42.4 cm³/mol. The van der Waals surface area contributed by atoms with E-state index in [0.717, 1.165) is 0 Å². The van der Waals surface area contributed by atoms with E-state index in [1.807, 2.05) is 0 Å². The fourth-order valence-corrected chi connectivity index (χ4v) is 1.05. The third-order valence-corrected chi connectivity index (χ3v) is 1.60. The highest BCUT2D eigenvalue weighted by atomic mass is 16.5. The topological polar surface area (TPSA) is 80.5 Å². The van der Waals surface area contributed by atoms with Crippen LogP contribution in [0.1, 0.15) is 0 Å². The first-order chi connectivity index (χ1) is 5.83. The molecule has 0 aliphatic heterocycles. The van der Waals surface area contributed by atoms with E-state index < -0.39 is 0 Å². The van der Waals surface area contributed by atoms with Crippen molar-refractivity contribution in [1.82, 2.24) is 15.0 Å². The van der Waals surface area contributed by atoms with Crippen molar-refractivity contribution in [2.75, 3.05) is 12.4 Å². The second kappa shape index (κ2) is 2.33. The van der Waals surface area contributed by atoms with Crippen LogP contribution >= 0.6 is 0 Å². The molecule has 0 saturated heterocycles. The second-order valence-corrected chi connectivity index (χ2v) is 2.27. The molecule has 0 atom stereocenters. The number of rotatable bonds is 1. The summed E-state index contributed by atoms with van der Waals surface area (Å²) in [7, 11) is 1.73. The molecule has 0 fully saturated rings. The molecule has 0 unspecified atom stereocenters. The minimum Gasteiger partial charge on any atom is -0.740 e. The molecule has 0 aromatic carbocycles. The molecule has 0 saturated carbocycles. The summed E-state index contributed by atoms with van der Waals surface area (Å²) < 4.78 is 0.665. The van der Waals surface area contributed by atoms with Crippen molar-refractivity contribution in [1.29, 1.82) is 0 Å². The van der Waals surface area contributed by atoms with Crippen LogP contribution < -0.4 is 10.0 Å². The molecule has 2 N–H and O–H groups in total. The van der Waals surface area contributed by atoms with E-state index >= 15 is 0 Å². The standard InChI is InChI=1S/C6H7N5O/c1-7-5-4-6(9-2-8-5)11(12)3-10-4/h2-3,10H,1H3,(H,7,8,9). The zero-order chi connectivity index (χ0) is 8.55. The van der Waals surface area contributed by atoms with E-state index in [9.17, 15) is 5.21 Å². The molecule has 0 bridgehead atoms. The molecule has 2 aromatic rings. The molecular formula is C6H7N5O. The first-order valence-electron chi connectivity index (χ1n) is 3.42. The molecule has 6 heteroatoms. The van der Waals surface area contributed by atoms with E-state index in [1.54, 1.807) is 7.05 Å². The number of hydrogen-bond donors (Lipinski definition) is 2. The van der Waals surface area contributed by atoms with Gasteiger partial charge in [-0.25, -0.2) is 4.73 Å². The quantitative estimate of drug-likeness (QED) is 0.446. The van der Waals surface area contributed by atoms with Gasteiger partial charge in [0.2, 0.25) is 5.52 Å². The lowest BCUT2D eigenvalue weighted by molar-refractivity contribution is -0.578. The maximum Gasteiger partial charge on any atom is 0.307 e. The van der Waals surface area contributed by atoms with Crippen LogP contribution in [-0.2, 0) is 0 Å². The minimum atomic E-state index is 0.342. The Labute approximate surface area is 67.9 Å². The largest absolute Gasteiger partial charge is 0.740 e. The second-order valence-electron chi connectivity index (χ2n) is 2.27. The molecule has 2 rings (SSSR count). The Hall–Kier alpha value is -1.85. The Morgan fingerprint density at radius 2 is 2.42 bits per heavy atom. The maximum atomic E-state index is 11.0. The van der Waals surface area contributed by atoms with Crippen LogP contribution in [0.4, 0.5) is 5.82 Å². The molecule has 62 valence electrons. The summed E-state index contributed by atoms with van der Waals surface area (Å²) in [5.74, 6) is 0.620. The highest BCUT2D eigenvalue weighted by Gasteiger charge is 2.10. The number of nitrogens with one attached hydrogen (secondary N) is 2. The number of fused-ring (bicyclic) bond motifs is 1. The van der Waals surface area contributed by atoms with Crippen molar-refractivity contribution >= 4 is 17.0 Å². The van der Waals surface area contributed by atoms with Crippen LogP contribution in [0.2, 0.25) is 0 Å². The van der Waals surface area contributed by atoms with Gasteiger partial charge in [-0.2, -0.15) is 4.98 Å². The summed E-state index contributed by atoms with van der Waals surface area (Å²) in [6, 6.07) is 0. The minimum absolute atomic E-state index is 0.342. The van der Waals surface area contributed by atoms with E-state index in [1.165, 1.54) is 12.7 Å². The number of hydrogen-bond acceptors (Lipinski definition) is 4. The van der Waals surface area contributed by atoms with Gasteiger partial charge in [-0.1, -0.05) is 4.98 Å². The van der Waals surface area contributed by atoms with E-state index in [4.69, 9.17) is 0 Å². The molecule has 2 heterocycles. The van der Waals surface area contributed by atoms with E-state index in [2.05, 4.69) is 20.3 Å². The molecule has 2 aromatic heterocycles. The predicted octanol–water partition coefficient (Wildman–Crippen LogP) is -0.367. The highest BCUT2D eigenvalue weighted by molar-refractivity contribution is 5.79. The van der Waals surface area contributed by atoms with Gasteiger partial charge in [0.05, 0.1) is 0 Å². The van der Waals surface area contributed by atoms with Crippen molar-refractivity contribution < 1.29 is 4.73 Å². The van der Waals surface area contributed by atoms with Crippen LogP contribution in [0.15, 0.2) is 12.7 Å². The first kappa shape index (κ1) is 6.84. The third kappa shape index (κ3) is 0.777. The van der Waals surface area contributed by atoms with Crippen LogP contribution in [0.25, 0.3) is 11.2 Å². The van der Waals surface area contributed by atoms with Gasteiger partial charge in [0.15, 0.2) is 18.5 Å². The van der Waals surface area contributed by atoms with E-state index in [-0.39, 0.29) is 0 Å². The Morgan fingerprint density at radius 3 is 3.17 bits per heavy atom. The Balaban J connectivity index is 2.81. The monoisotopic (exact) mass is 165 g/mol. The fourth-order valence-electron chi connectivity index (χ4n) is 1.05. The van der Waals surface area contributed by atoms with Gasteiger partial charge in [0.1, 0.15) is 0 Å². The summed E-state index contributed by atoms with van der Waals surface area (Å²) in [6.45, 7) is 0. The summed E-state index contributed by atoms with van der Waals surface area (Å²) in [4.78, 5) is 10.5. The molecule has 0 aliphatic rings. The summed E-state index contributed by atoms with van der Waals surface area (Å²) >= 11 is 0. The van der Waals surface area contributed by atoms with Gasteiger partial charge in [0.25, 0.3) is 0 Å². The van der Waals surface area contributed by atoms with Gasteiger partial charge >= 0.3 is 5.65 Å². The highest BCUT2D eigenvalue weighted by Crippen LogP contribution is 2.11. The SMILES string of the molecule is CNc1ncnc2c1[nH]c[n+]2[O-]. The lowest BCUT2D eigenvalue weighted by atomic mass is 10.5. The zero-order valence-corrected chi connectivity index (χ0v) is 6.40. The van der Waals surface area contributed by atoms with Crippen molar-refractivity contribution in [2.45, 2.75) is 0 Å². The van der Waals surface area contributed by atoms with Gasteiger partial charge < -0.3 is 10.5 Å². The number of anilines is 1. The van der Waals surface area contributed by atoms with Crippen molar-refractivity contribution in [2.24, 2.45) is 0 Å². The average molecular weight is 165 g/mol. The summed E-state index contributed by atoms with van der Waals surface area (Å²) in [6.07, 6.45) is 2.64. The van der Waals surface area contributed by atoms with E-state index in [0.29, 0.717) is 21.7 Å². The number of H-pyrrole nitrogens is 1. The number of aromatic nitrogens is 4. The van der Waals surface area contributed by atoms with Crippen LogP contribution in [0.5, 0.6) is 0 Å². The maximum absolute atomic E-state index is 11.0. The number of nitrogens with zero attached hydrogens (tertiary/aromatic N) is 3. The summed E-state index contributed by atoms with van der Waals surface area (Å²) in [5, 5.41) is 13.9. The lowest BCUT2D eigenvalue weighted by Gasteiger charge is -1.96. The van der Waals surface area contributed by atoms with Crippen LogP contribution in [0.3, 0.4) is 0 Å². The average Bonchev–Trinajstić information content (AvgIpc) is 2.48. The van der Waals surface area contributed by atoms with Crippen molar-refractivity contribution in [3.63, 3.8) is 0 Å². The molecule has 6 nitrogen and oxygen atoms in total. The van der Waals surface area contributed by atoms with Crippen molar-refractivity contribution in [3.05, 3.63) is 17.9 Å². The Bertz CT molecular complexity index is 409. The zero-order valence-electron chi connectivity index (χ0n) is 6.40. The molecular weight excluding hydrogens is 158 g/mol. The Morgan fingerprint density at radius 1 is 1.58 bits per heavy atom.